The Hall–Kier alpha value is -1.93. The molecule has 1 amide bonds. The van der Waals surface area contributed by atoms with E-state index in [1.165, 1.54) is 23.9 Å². The molecule has 0 unspecified atom stereocenters. The van der Waals surface area contributed by atoms with Crippen LogP contribution in [0.3, 0.4) is 0 Å². The van der Waals surface area contributed by atoms with Gasteiger partial charge in [0.25, 0.3) is 0 Å². The largest absolute Gasteiger partial charge is 0.383 e. The molecule has 0 aliphatic heterocycles. The molecule has 0 spiro atoms. The highest BCUT2D eigenvalue weighted by Crippen LogP contribution is 2.16. The number of carbonyl (C=O) groups excluding carboxylic acids is 1. The van der Waals surface area contributed by atoms with Crippen molar-refractivity contribution in [3.8, 4) is 0 Å². The van der Waals surface area contributed by atoms with Crippen LogP contribution in [0, 0.1) is 5.82 Å². The lowest BCUT2D eigenvalue weighted by Gasteiger charge is -2.17. The van der Waals surface area contributed by atoms with Crippen molar-refractivity contribution in [2.45, 2.75) is 18.2 Å². The predicted molar refractivity (Wildman–Crippen MR) is 85.5 cm³/mol. The smallest absolute Gasteiger partial charge is 0.233 e. The monoisotopic (exact) mass is 338 g/mol. The number of aromatic nitrogens is 3. The minimum absolute atomic E-state index is 0.0272. The highest BCUT2D eigenvalue weighted by molar-refractivity contribution is 7.99. The van der Waals surface area contributed by atoms with Gasteiger partial charge in [-0.2, -0.15) is 0 Å². The summed E-state index contributed by atoms with van der Waals surface area (Å²) in [7, 11) is 3.35. The van der Waals surface area contributed by atoms with Crippen LogP contribution >= 0.6 is 11.8 Å². The fraction of sp³-hybridized carbons (Fsp3) is 0.400. The molecule has 0 fully saturated rings. The number of rotatable bonds is 8. The first-order valence-corrected chi connectivity index (χ1v) is 8.06. The Kier molecular flexibility index (Phi) is 6.54. The van der Waals surface area contributed by atoms with Gasteiger partial charge in [-0.15, -0.1) is 10.2 Å². The summed E-state index contributed by atoms with van der Waals surface area (Å²) in [6, 6.07) is 6.13. The standard InChI is InChI=1S/C15H19FN4O2S/c1-19(9-12-3-5-13(16)6-4-12)14(21)10-23-15-18-17-11-20(15)7-8-22-2/h3-6,11H,7-10H2,1-2H3. The van der Waals surface area contributed by atoms with Crippen LogP contribution in [0.2, 0.25) is 0 Å². The van der Waals surface area contributed by atoms with Crippen LogP contribution in [0.4, 0.5) is 4.39 Å². The summed E-state index contributed by atoms with van der Waals surface area (Å²) in [5, 5.41) is 8.54. The lowest BCUT2D eigenvalue weighted by molar-refractivity contribution is -0.127. The zero-order valence-electron chi connectivity index (χ0n) is 13.1. The molecular formula is C15H19FN4O2S. The number of benzene rings is 1. The van der Waals surface area contributed by atoms with E-state index < -0.39 is 0 Å². The quantitative estimate of drug-likeness (QED) is 0.687. The van der Waals surface area contributed by atoms with Crippen LogP contribution in [0.25, 0.3) is 0 Å². The average molecular weight is 338 g/mol. The van der Waals surface area contributed by atoms with Gasteiger partial charge in [-0.1, -0.05) is 23.9 Å². The Bertz CT molecular complexity index is 633. The number of hydrogen-bond donors (Lipinski definition) is 0. The zero-order chi connectivity index (χ0) is 16.7. The molecule has 23 heavy (non-hydrogen) atoms. The van der Waals surface area contributed by atoms with Crippen LogP contribution in [0.5, 0.6) is 0 Å². The fourth-order valence-corrected chi connectivity index (χ4v) is 2.77. The van der Waals surface area contributed by atoms with Crippen molar-refractivity contribution in [3.05, 3.63) is 42.0 Å². The lowest BCUT2D eigenvalue weighted by Crippen LogP contribution is -2.27. The van der Waals surface area contributed by atoms with Gasteiger partial charge < -0.3 is 14.2 Å². The van der Waals surface area contributed by atoms with Crippen LogP contribution < -0.4 is 0 Å². The van der Waals surface area contributed by atoms with E-state index >= 15 is 0 Å². The maximum atomic E-state index is 12.9. The van der Waals surface area contributed by atoms with Gasteiger partial charge in [-0.25, -0.2) is 4.39 Å². The Balaban J connectivity index is 1.84. The molecule has 2 aromatic rings. The predicted octanol–water partition coefficient (Wildman–Crippen LogP) is 1.81. The second kappa shape index (κ2) is 8.64. The lowest BCUT2D eigenvalue weighted by atomic mass is 10.2. The van der Waals surface area contributed by atoms with E-state index in [4.69, 9.17) is 4.74 Å². The Labute approximate surface area is 138 Å². The van der Waals surface area contributed by atoms with Gasteiger partial charge >= 0.3 is 0 Å². The SMILES string of the molecule is COCCn1cnnc1SCC(=O)N(C)Cc1ccc(F)cc1. The average Bonchev–Trinajstić information content (AvgIpc) is 3.00. The molecule has 1 aromatic carbocycles. The number of thioether (sulfide) groups is 1. The molecule has 6 nitrogen and oxygen atoms in total. The third-order valence-corrected chi connectivity index (χ3v) is 4.17. The number of methoxy groups -OCH3 is 1. The van der Waals surface area contributed by atoms with E-state index in [1.807, 2.05) is 4.57 Å². The van der Waals surface area contributed by atoms with Crippen molar-refractivity contribution in [1.82, 2.24) is 19.7 Å². The molecule has 1 heterocycles. The van der Waals surface area contributed by atoms with E-state index in [9.17, 15) is 9.18 Å². The molecule has 0 saturated heterocycles. The molecule has 124 valence electrons. The van der Waals surface area contributed by atoms with Gasteiger partial charge in [0, 0.05) is 27.2 Å². The summed E-state index contributed by atoms with van der Waals surface area (Å²) in [5.41, 5.74) is 0.885. The summed E-state index contributed by atoms with van der Waals surface area (Å²) in [5.74, 6) is -0.0436. The fourth-order valence-electron chi connectivity index (χ4n) is 1.89. The first-order chi connectivity index (χ1) is 11.1. The number of ether oxygens (including phenoxy) is 1. The van der Waals surface area contributed by atoms with Gasteiger partial charge in [0.05, 0.1) is 12.4 Å². The van der Waals surface area contributed by atoms with Crippen molar-refractivity contribution in [3.63, 3.8) is 0 Å². The van der Waals surface area contributed by atoms with Gasteiger partial charge in [0.2, 0.25) is 5.91 Å². The molecule has 0 atom stereocenters. The Morgan fingerprint density at radius 3 is 2.83 bits per heavy atom. The molecule has 2 rings (SSSR count). The molecular weight excluding hydrogens is 319 g/mol. The third kappa shape index (κ3) is 5.33. The number of hydrogen-bond acceptors (Lipinski definition) is 5. The second-order valence-electron chi connectivity index (χ2n) is 4.96. The van der Waals surface area contributed by atoms with Crippen LogP contribution in [-0.2, 0) is 22.6 Å². The van der Waals surface area contributed by atoms with E-state index in [2.05, 4.69) is 10.2 Å². The zero-order valence-corrected chi connectivity index (χ0v) is 13.9. The van der Waals surface area contributed by atoms with Crippen LogP contribution in [0.15, 0.2) is 35.7 Å². The maximum Gasteiger partial charge on any atom is 0.233 e. The molecule has 8 heteroatoms. The molecule has 0 radical (unpaired) electrons. The van der Waals surface area contributed by atoms with Crippen LogP contribution in [0.1, 0.15) is 5.56 Å². The molecule has 0 aliphatic rings. The highest BCUT2D eigenvalue weighted by atomic mass is 32.2. The first kappa shape index (κ1) is 17.4. The minimum atomic E-state index is -0.284. The summed E-state index contributed by atoms with van der Waals surface area (Å²) in [6.07, 6.45) is 1.62. The van der Waals surface area contributed by atoms with Crippen molar-refractivity contribution in [2.24, 2.45) is 0 Å². The maximum absolute atomic E-state index is 12.9. The van der Waals surface area contributed by atoms with Gasteiger partial charge in [-0.3, -0.25) is 4.79 Å². The van der Waals surface area contributed by atoms with E-state index in [1.54, 1.807) is 37.5 Å². The van der Waals surface area contributed by atoms with E-state index in [0.717, 1.165) is 5.56 Å². The number of halogens is 1. The number of nitrogens with zero attached hydrogens (tertiary/aromatic N) is 4. The molecule has 1 aromatic heterocycles. The number of carbonyl (C=O) groups is 1. The van der Waals surface area contributed by atoms with E-state index in [-0.39, 0.29) is 17.5 Å². The summed E-state index contributed by atoms with van der Waals surface area (Å²) in [4.78, 5) is 13.8. The van der Waals surface area contributed by atoms with Gasteiger partial charge in [-0.05, 0) is 17.7 Å². The normalized spacial score (nSPS) is 10.7. The van der Waals surface area contributed by atoms with Crippen molar-refractivity contribution < 1.29 is 13.9 Å². The van der Waals surface area contributed by atoms with Crippen molar-refractivity contribution in [2.75, 3.05) is 26.5 Å². The topological polar surface area (TPSA) is 60.2 Å². The van der Waals surface area contributed by atoms with Crippen molar-refractivity contribution >= 4 is 17.7 Å². The first-order valence-electron chi connectivity index (χ1n) is 7.08. The van der Waals surface area contributed by atoms with Crippen molar-refractivity contribution in [1.29, 1.82) is 0 Å². The minimum Gasteiger partial charge on any atom is -0.383 e. The Morgan fingerprint density at radius 1 is 1.39 bits per heavy atom. The third-order valence-electron chi connectivity index (χ3n) is 3.20. The van der Waals surface area contributed by atoms with Crippen LogP contribution in [-0.4, -0.2) is 52.1 Å². The molecule has 0 N–H and O–H groups in total. The summed E-state index contributed by atoms with van der Waals surface area (Å²) in [6.45, 7) is 1.64. The Morgan fingerprint density at radius 2 is 2.13 bits per heavy atom. The van der Waals surface area contributed by atoms with E-state index in [0.29, 0.717) is 24.9 Å². The summed E-state index contributed by atoms with van der Waals surface area (Å²) < 4.78 is 19.7. The number of amides is 1. The van der Waals surface area contributed by atoms with Gasteiger partial charge in [0.15, 0.2) is 5.16 Å². The molecule has 0 bridgehead atoms. The summed E-state index contributed by atoms with van der Waals surface area (Å²) >= 11 is 1.34. The molecule has 0 saturated carbocycles. The molecule has 0 aliphatic carbocycles. The highest BCUT2D eigenvalue weighted by Gasteiger charge is 2.13. The second-order valence-corrected chi connectivity index (χ2v) is 5.91. The van der Waals surface area contributed by atoms with Gasteiger partial charge in [0.1, 0.15) is 12.1 Å².